The lowest BCUT2D eigenvalue weighted by Gasteiger charge is -2.18. The summed E-state index contributed by atoms with van der Waals surface area (Å²) in [5, 5.41) is 31.0. The van der Waals surface area contributed by atoms with Crippen molar-refractivity contribution in [2.75, 3.05) is 11.9 Å². The zero-order valence-corrected chi connectivity index (χ0v) is 13.1. The number of amides is 1. The fourth-order valence-corrected chi connectivity index (χ4v) is 2.55. The average Bonchev–Trinajstić information content (AvgIpc) is 2.69. The van der Waals surface area contributed by atoms with Crippen LogP contribution in [0.25, 0.3) is 0 Å². The lowest BCUT2D eigenvalue weighted by molar-refractivity contribution is -0.114. The number of ether oxygens (including phenoxy) is 1. The van der Waals surface area contributed by atoms with Crippen LogP contribution in [0.5, 0.6) is 0 Å². The first-order valence-electron chi connectivity index (χ1n) is 6.04. The SMILES string of the molecule is CC(=O)Nc1nc(=O)n([C@@H]2O[C@H](CO)[C@@H](O)[C@H]2O)cc1I. The second-order valence-electron chi connectivity index (χ2n) is 4.54. The molecule has 0 radical (unpaired) electrons. The van der Waals surface area contributed by atoms with E-state index in [0.29, 0.717) is 3.57 Å². The molecule has 0 aliphatic carbocycles. The van der Waals surface area contributed by atoms with Crippen LogP contribution in [-0.4, -0.2) is 55.7 Å². The Morgan fingerprint density at radius 1 is 1.52 bits per heavy atom. The smallest absolute Gasteiger partial charge is 0.351 e. The zero-order chi connectivity index (χ0) is 15.7. The first kappa shape index (κ1) is 16.3. The molecule has 4 atom stereocenters. The molecule has 1 saturated heterocycles. The summed E-state index contributed by atoms with van der Waals surface area (Å²) in [7, 11) is 0. The summed E-state index contributed by atoms with van der Waals surface area (Å²) >= 11 is 1.86. The molecule has 0 bridgehead atoms. The number of aliphatic hydroxyl groups excluding tert-OH is 3. The van der Waals surface area contributed by atoms with Crippen LogP contribution >= 0.6 is 22.6 Å². The quantitative estimate of drug-likeness (QED) is 0.441. The highest BCUT2D eigenvalue weighted by atomic mass is 127. The van der Waals surface area contributed by atoms with Gasteiger partial charge >= 0.3 is 5.69 Å². The van der Waals surface area contributed by atoms with Gasteiger partial charge in [0, 0.05) is 13.1 Å². The van der Waals surface area contributed by atoms with Crippen molar-refractivity contribution < 1.29 is 24.9 Å². The van der Waals surface area contributed by atoms with Crippen molar-refractivity contribution in [1.29, 1.82) is 0 Å². The molecule has 2 rings (SSSR count). The van der Waals surface area contributed by atoms with Crippen molar-refractivity contribution in [1.82, 2.24) is 9.55 Å². The van der Waals surface area contributed by atoms with Crippen molar-refractivity contribution in [3.8, 4) is 0 Å². The summed E-state index contributed by atoms with van der Waals surface area (Å²) < 4.78 is 6.73. The highest BCUT2D eigenvalue weighted by Gasteiger charge is 2.43. The Labute approximate surface area is 132 Å². The van der Waals surface area contributed by atoms with Gasteiger partial charge in [0.2, 0.25) is 5.91 Å². The van der Waals surface area contributed by atoms with Crippen molar-refractivity contribution in [3.05, 3.63) is 20.3 Å². The highest BCUT2D eigenvalue weighted by molar-refractivity contribution is 14.1. The first-order valence-corrected chi connectivity index (χ1v) is 7.11. The zero-order valence-electron chi connectivity index (χ0n) is 10.9. The Morgan fingerprint density at radius 2 is 2.19 bits per heavy atom. The molecule has 21 heavy (non-hydrogen) atoms. The van der Waals surface area contributed by atoms with E-state index in [4.69, 9.17) is 9.84 Å². The van der Waals surface area contributed by atoms with E-state index in [9.17, 15) is 19.8 Å². The van der Waals surface area contributed by atoms with Gasteiger partial charge in [-0.25, -0.2) is 4.79 Å². The normalized spacial score (nSPS) is 28.6. The van der Waals surface area contributed by atoms with Crippen LogP contribution in [0.4, 0.5) is 5.82 Å². The number of hydrogen-bond acceptors (Lipinski definition) is 7. The fraction of sp³-hybridized carbons (Fsp3) is 0.545. The van der Waals surface area contributed by atoms with Crippen molar-refractivity contribution in [3.63, 3.8) is 0 Å². The minimum absolute atomic E-state index is 0.107. The van der Waals surface area contributed by atoms with E-state index in [1.807, 2.05) is 22.6 Å². The summed E-state index contributed by atoms with van der Waals surface area (Å²) in [5.41, 5.74) is -0.756. The van der Waals surface area contributed by atoms with E-state index < -0.39 is 36.8 Å². The molecule has 1 aromatic rings. The standard InChI is InChI=1S/C11H14IN3O6/c1-4(17)13-9-5(12)2-15(11(20)14-9)10-8(19)7(18)6(3-16)21-10/h2,6-8,10,16,18-19H,3H2,1H3,(H,13,14,17,20)/t6-,7-,8-,10-/m1/s1. The number of hydrogen-bond donors (Lipinski definition) is 4. The molecule has 0 unspecified atom stereocenters. The number of aromatic nitrogens is 2. The summed E-state index contributed by atoms with van der Waals surface area (Å²) in [6.45, 7) is 0.799. The molecule has 10 heteroatoms. The third-order valence-electron chi connectivity index (χ3n) is 2.99. The van der Waals surface area contributed by atoms with E-state index in [0.717, 1.165) is 4.57 Å². The maximum atomic E-state index is 12.0. The Balaban J connectivity index is 2.35. The molecule has 0 saturated carbocycles. The topological polar surface area (TPSA) is 134 Å². The Bertz CT molecular complexity index is 606. The molecule has 1 aliphatic heterocycles. The van der Waals surface area contributed by atoms with Crippen LogP contribution in [-0.2, 0) is 9.53 Å². The predicted molar refractivity (Wildman–Crippen MR) is 78.5 cm³/mol. The molecule has 1 aromatic heterocycles. The molecule has 2 heterocycles. The second kappa shape index (κ2) is 6.36. The Kier molecular flexibility index (Phi) is 4.93. The fourth-order valence-electron chi connectivity index (χ4n) is 1.99. The largest absolute Gasteiger partial charge is 0.394 e. The van der Waals surface area contributed by atoms with Gasteiger partial charge < -0.3 is 25.4 Å². The number of halogens is 1. The number of rotatable bonds is 3. The third kappa shape index (κ3) is 3.23. The molecule has 9 nitrogen and oxygen atoms in total. The van der Waals surface area contributed by atoms with Gasteiger partial charge in [0.25, 0.3) is 0 Å². The average molecular weight is 411 g/mol. The summed E-state index contributed by atoms with van der Waals surface area (Å²) in [6, 6.07) is 0. The van der Waals surface area contributed by atoms with Gasteiger partial charge in [0.05, 0.1) is 10.2 Å². The van der Waals surface area contributed by atoms with Gasteiger partial charge in [0.1, 0.15) is 18.3 Å². The van der Waals surface area contributed by atoms with Gasteiger partial charge in [-0.3, -0.25) is 9.36 Å². The molecular weight excluding hydrogens is 397 g/mol. The molecule has 116 valence electrons. The van der Waals surface area contributed by atoms with Crippen LogP contribution in [0, 0.1) is 3.57 Å². The van der Waals surface area contributed by atoms with Crippen LogP contribution in [0.3, 0.4) is 0 Å². The Morgan fingerprint density at radius 3 is 2.71 bits per heavy atom. The van der Waals surface area contributed by atoms with Crippen molar-refractivity contribution >= 4 is 34.3 Å². The Hall–Kier alpha value is -1.08. The van der Waals surface area contributed by atoms with Crippen LogP contribution in [0.15, 0.2) is 11.0 Å². The first-order chi connectivity index (χ1) is 9.85. The maximum absolute atomic E-state index is 12.0. The van der Waals surface area contributed by atoms with E-state index in [1.54, 1.807) is 0 Å². The van der Waals surface area contributed by atoms with Crippen LogP contribution < -0.4 is 11.0 Å². The monoisotopic (exact) mass is 411 g/mol. The number of anilines is 1. The summed E-state index contributed by atoms with van der Waals surface area (Å²) in [6.07, 6.45) is -3.47. The van der Waals surface area contributed by atoms with Gasteiger partial charge in [-0.1, -0.05) is 0 Å². The lowest BCUT2D eigenvalue weighted by Crippen LogP contribution is -2.36. The van der Waals surface area contributed by atoms with Gasteiger partial charge in [-0.15, -0.1) is 0 Å². The molecule has 1 aliphatic rings. The third-order valence-corrected chi connectivity index (χ3v) is 3.78. The summed E-state index contributed by atoms with van der Waals surface area (Å²) in [4.78, 5) is 26.7. The minimum atomic E-state index is -1.37. The number of nitrogens with one attached hydrogen (secondary N) is 1. The molecular formula is C11H14IN3O6. The van der Waals surface area contributed by atoms with Gasteiger partial charge in [-0.05, 0) is 22.6 Å². The molecule has 0 aromatic carbocycles. The molecule has 1 amide bonds. The molecule has 4 N–H and O–H groups in total. The predicted octanol–water partition coefficient (Wildman–Crippen LogP) is -1.58. The molecule has 0 spiro atoms. The summed E-state index contributed by atoms with van der Waals surface area (Å²) in [5.74, 6) is -0.262. The van der Waals surface area contributed by atoms with Gasteiger partial charge in [0.15, 0.2) is 12.0 Å². The number of carbonyl (C=O) groups is 1. The second-order valence-corrected chi connectivity index (χ2v) is 5.70. The number of carbonyl (C=O) groups excluding carboxylic acids is 1. The van der Waals surface area contributed by atoms with Crippen LogP contribution in [0.1, 0.15) is 13.2 Å². The van der Waals surface area contributed by atoms with E-state index >= 15 is 0 Å². The lowest BCUT2D eigenvalue weighted by atomic mass is 10.1. The molecule has 1 fully saturated rings. The van der Waals surface area contributed by atoms with Crippen molar-refractivity contribution in [2.24, 2.45) is 0 Å². The van der Waals surface area contributed by atoms with E-state index in [-0.39, 0.29) is 11.7 Å². The maximum Gasteiger partial charge on any atom is 0.351 e. The number of nitrogens with zero attached hydrogens (tertiary/aromatic N) is 2. The van der Waals surface area contributed by atoms with Crippen molar-refractivity contribution in [2.45, 2.75) is 31.5 Å². The van der Waals surface area contributed by atoms with Gasteiger partial charge in [-0.2, -0.15) is 4.98 Å². The van der Waals surface area contributed by atoms with Crippen LogP contribution in [0.2, 0.25) is 0 Å². The highest BCUT2D eigenvalue weighted by Crippen LogP contribution is 2.28. The van der Waals surface area contributed by atoms with E-state index in [1.165, 1.54) is 13.1 Å². The number of aliphatic hydroxyl groups is 3. The van der Waals surface area contributed by atoms with E-state index in [2.05, 4.69) is 10.3 Å². The minimum Gasteiger partial charge on any atom is -0.394 e.